The third-order valence-electron chi connectivity index (χ3n) is 4.54. The van der Waals surface area contributed by atoms with Crippen LogP contribution < -0.4 is 5.32 Å². The van der Waals surface area contributed by atoms with E-state index in [4.69, 9.17) is 0 Å². The van der Waals surface area contributed by atoms with E-state index in [0.717, 1.165) is 6.04 Å². The molecule has 2 fully saturated rings. The summed E-state index contributed by atoms with van der Waals surface area (Å²) >= 11 is 0. The Bertz CT molecular complexity index is 259. The van der Waals surface area contributed by atoms with Gasteiger partial charge in [0, 0.05) is 43.3 Å². The van der Waals surface area contributed by atoms with Gasteiger partial charge in [0.1, 0.15) is 0 Å². The molecule has 1 unspecified atom stereocenters. The highest BCUT2D eigenvalue weighted by Crippen LogP contribution is 2.26. The SMILES string of the molecule is CC1(C)NCCC1N1CCN(C(C)(C)C)CC1. The minimum atomic E-state index is 0.296. The van der Waals surface area contributed by atoms with Gasteiger partial charge in [0.25, 0.3) is 0 Å². The Morgan fingerprint density at radius 3 is 2.06 bits per heavy atom. The zero-order valence-electron chi connectivity index (χ0n) is 12.2. The van der Waals surface area contributed by atoms with Crippen molar-refractivity contribution in [2.75, 3.05) is 32.7 Å². The average molecular weight is 239 g/mol. The number of nitrogens with one attached hydrogen (secondary N) is 1. The summed E-state index contributed by atoms with van der Waals surface area (Å²) in [5, 5.41) is 3.63. The van der Waals surface area contributed by atoms with Crippen LogP contribution in [0.5, 0.6) is 0 Å². The fraction of sp³-hybridized carbons (Fsp3) is 1.00. The van der Waals surface area contributed by atoms with Gasteiger partial charge in [-0.05, 0) is 47.6 Å². The van der Waals surface area contributed by atoms with Crippen LogP contribution in [0.15, 0.2) is 0 Å². The van der Waals surface area contributed by atoms with Crippen molar-refractivity contribution in [1.82, 2.24) is 15.1 Å². The van der Waals surface area contributed by atoms with Gasteiger partial charge in [-0.1, -0.05) is 0 Å². The van der Waals surface area contributed by atoms with E-state index in [-0.39, 0.29) is 0 Å². The summed E-state index contributed by atoms with van der Waals surface area (Å²) in [4.78, 5) is 5.31. The zero-order chi connectivity index (χ0) is 12.7. The molecule has 1 atom stereocenters. The van der Waals surface area contributed by atoms with Gasteiger partial charge in [0.15, 0.2) is 0 Å². The molecule has 0 bridgehead atoms. The molecule has 2 heterocycles. The summed E-state index contributed by atoms with van der Waals surface area (Å²) in [6.07, 6.45) is 1.31. The van der Waals surface area contributed by atoms with Crippen molar-refractivity contribution >= 4 is 0 Å². The lowest BCUT2D eigenvalue weighted by Crippen LogP contribution is -2.59. The van der Waals surface area contributed by atoms with Gasteiger partial charge in [-0.25, -0.2) is 0 Å². The molecule has 3 nitrogen and oxygen atoms in total. The molecule has 2 aliphatic heterocycles. The third kappa shape index (κ3) is 2.83. The van der Waals surface area contributed by atoms with E-state index >= 15 is 0 Å². The molecule has 0 aliphatic carbocycles. The van der Waals surface area contributed by atoms with Crippen LogP contribution in [0.1, 0.15) is 41.0 Å². The number of hydrogen-bond donors (Lipinski definition) is 1. The maximum absolute atomic E-state index is 3.63. The standard InChI is InChI=1S/C14H29N3/c1-13(2,3)17-10-8-16(9-11-17)12-6-7-15-14(12,4)5/h12,15H,6-11H2,1-5H3. The van der Waals surface area contributed by atoms with Crippen LogP contribution in [-0.4, -0.2) is 59.6 Å². The Morgan fingerprint density at radius 2 is 1.65 bits per heavy atom. The van der Waals surface area contributed by atoms with Crippen molar-refractivity contribution < 1.29 is 0 Å². The summed E-state index contributed by atoms with van der Waals surface area (Å²) in [6, 6.07) is 0.726. The molecule has 0 radical (unpaired) electrons. The smallest absolute Gasteiger partial charge is 0.0285 e. The largest absolute Gasteiger partial charge is 0.310 e. The molecular formula is C14H29N3. The highest BCUT2D eigenvalue weighted by Gasteiger charge is 2.39. The highest BCUT2D eigenvalue weighted by molar-refractivity contribution is 5.00. The second-order valence-corrected chi connectivity index (χ2v) is 7.15. The number of nitrogens with zero attached hydrogens (tertiary/aromatic N) is 2. The van der Waals surface area contributed by atoms with Crippen LogP contribution in [0, 0.1) is 0 Å². The lowest BCUT2D eigenvalue weighted by molar-refractivity contribution is 0.0303. The molecule has 2 rings (SSSR count). The molecule has 2 saturated heterocycles. The maximum atomic E-state index is 3.63. The van der Waals surface area contributed by atoms with Gasteiger partial charge in [-0.2, -0.15) is 0 Å². The Kier molecular flexibility index (Phi) is 3.54. The van der Waals surface area contributed by atoms with E-state index in [2.05, 4.69) is 49.7 Å². The normalized spacial score (nSPS) is 31.9. The fourth-order valence-electron chi connectivity index (χ4n) is 3.35. The molecule has 3 heteroatoms. The summed E-state index contributed by atoms with van der Waals surface area (Å²) in [7, 11) is 0. The molecule has 0 aromatic carbocycles. The quantitative estimate of drug-likeness (QED) is 0.749. The Hall–Kier alpha value is -0.120. The molecule has 1 N–H and O–H groups in total. The Balaban J connectivity index is 1.91. The lowest BCUT2D eigenvalue weighted by Gasteiger charge is -2.46. The van der Waals surface area contributed by atoms with Crippen molar-refractivity contribution in [3.05, 3.63) is 0 Å². The summed E-state index contributed by atoms with van der Waals surface area (Å²) in [5.74, 6) is 0. The number of hydrogen-bond acceptors (Lipinski definition) is 3. The summed E-state index contributed by atoms with van der Waals surface area (Å²) in [5.41, 5.74) is 0.624. The van der Waals surface area contributed by atoms with Crippen LogP contribution >= 0.6 is 0 Å². The Morgan fingerprint density at radius 1 is 1.06 bits per heavy atom. The van der Waals surface area contributed by atoms with Gasteiger partial charge < -0.3 is 5.32 Å². The molecule has 0 saturated carbocycles. The van der Waals surface area contributed by atoms with Crippen LogP contribution in [0.3, 0.4) is 0 Å². The molecular weight excluding hydrogens is 210 g/mol. The predicted octanol–water partition coefficient (Wildman–Crippen LogP) is 1.54. The average Bonchev–Trinajstić information content (AvgIpc) is 2.57. The van der Waals surface area contributed by atoms with E-state index in [1.807, 2.05) is 0 Å². The predicted molar refractivity (Wildman–Crippen MR) is 73.4 cm³/mol. The van der Waals surface area contributed by atoms with E-state index in [1.165, 1.54) is 39.1 Å². The van der Waals surface area contributed by atoms with E-state index in [1.54, 1.807) is 0 Å². The van der Waals surface area contributed by atoms with Crippen molar-refractivity contribution in [3.8, 4) is 0 Å². The number of piperazine rings is 1. The fourth-order valence-corrected chi connectivity index (χ4v) is 3.35. The topological polar surface area (TPSA) is 18.5 Å². The Labute approximate surface area is 107 Å². The second-order valence-electron chi connectivity index (χ2n) is 7.15. The van der Waals surface area contributed by atoms with Crippen molar-refractivity contribution in [1.29, 1.82) is 0 Å². The minimum absolute atomic E-state index is 0.296. The first-order valence-electron chi connectivity index (χ1n) is 7.05. The van der Waals surface area contributed by atoms with Crippen molar-refractivity contribution in [3.63, 3.8) is 0 Å². The van der Waals surface area contributed by atoms with Gasteiger partial charge in [0.2, 0.25) is 0 Å². The van der Waals surface area contributed by atoms with Crippen LogP contribution in [0.4, 0.5) is 0 Å². The molecule has 0 aromatic heterocycles. The van der Waals surface area contributed by atoms with Gasteiger partial charge >= 0.3 is 0 Å². The molecule has 0 spiro atoms. The second kappa shape index (κ2) is 4.52. The first-order chi connectivity index (χ1) is 7.81. The minimum Gasteiger partial charge on any atom is -0.310 e. The third-order valence-corrected chi connectivity index (χ3v) is 4.54. The van der Waals surface area contributed by atoms with Crippen LogP contribution in [0.25, 0.3) is 0 Å². The first-order valence-corrected chi connectivity index (χ1v) is 7.05. The summed E-state index contributed by atoms with van der Waals surface area (Å²) < 4.78 is 0. The molecule has 100 valence electrons. The molecule has 17 heavy (non-hydrogen) atoms. The zero-order valence-corrected chi connectivity index (χ0v) is 12.2. The van der Waals surface area contributed by atoms with E-state index in [0.29, 0.717) is 11.1 Å². The number of rotatable bonds is 1. The molecule has 2 aliphatic rings. The van der Waals surface area contributed by atoms with Crippen LogP contribution in [-0.2, 0) is 0 Å². The monoisotopic (exact) mass is 239 g/mol. The highest BCUT2D eigenvalue weighted by atomic mass is 15.3. The van der Waals surface area contributed by atoms with Crippen molar-refractivity contribution in [2.45, 2.75) is 58.2 Å². The van der Waals surface area contributed by atoms with E-state index < -0.39 is 0 Å². The van der Waals surface area contributed by atoms with Gasteiger partial charge in [0.05, 0.1) is 0 Å². The summed E-state index contributed by atoms with van der Waals surface area (Å²) in [6.45, 7) is 17.7. The van der Waals surface area contributed by atoms with E-state index in [9.17, 15) is 0 Å². The van der Waals surface area contributed by atoms with Crippen molar-refractivity contribution in [2.24, 2.45) is 0 Å². The molecule has 0 amide bonds. The molecule has 0 aromatic rings. The maximum Gasteiger partial charge on any atom is 0.0285 e. The van der Waals surface area contributed by atoms with Crippen LogP contribution in [0.2, 0.25) is 0 Å². The first kappa shape index (κ1) is 13.3. The van der Waals surface area contributed by atoms with Gasteiger partial charge in [-0.15, -0.1) is 0 Å². The lowest BCUT2D eigenvalue weighted by atomic mass is 9.94. The van der Waals surface area contributed by atoms with Gasteiger partial charge in [-0.3, -0.25) is 9.80 Å².